The fourth-order valence-electron chi connectivity index (χ4n) is 4.50. The molecule has 0 bridgehead atoms. The molecule has 2 aromatic carbocycles. The fraction of sp³-hybridized carbons (Fsp3) is 0.240. The van der Waals surface area contributed by atoms with E-state index in [1.165, 1.54) is 16.7 Å². The van der Waals surface area contributed by atoms with Crippen LogP contribution >= 0.6 is 0 Å². The first-order valence-electron chi connectivity index (χ1n) is 11.0. The van der Waals surface area contributed by atoms with Crippen LogP contribution in [0.1, 0.15) is 35.2 Å². The Labute approximate surface area is 196 Å². The molecule has 0 N–H and O–H groups in total. The van der Waals surface area contributed by atoms with Gasteiger partial charge in [0.2, 0.25) is 0 Å². The van der Waals surface area contributed by atoms with Gasteiger partial charge in [-0.3, -0.25) is 14.0 Å². The van der Waals surface area contributed by atoms with Crippen molar-refractivity contribution in [3.05, 3.63) is 87.5 Å². The maximum absolute atomic E-state index is 13.5. The van der Waals surface area contributed by atoms with E-state index in [1.54, 1.807) is 41.1 Å². The first-order chi connectivity index (χ1) is 16.2. The molecule has 1 atom stereocenters. The molecule has 0 aliphatic carbocycles. The van der Waals surface area contributed by atoms with E-state index in [4.69, 9.17) is 0 Å². The fourth-order valence-corrected chi connectivity index (χ4v) is 6.19. The molecule has 34 heavy (non-hydrogen) atoms. The van der Waals surface area contributed by atoms with Gasteiger partial charge in [0.15, 0.2) is 9.84 Å². The van der Waals surface area contributed by atoms with E-state index in [0.29, 0.717) is 28.8 Å². The van der Waals surface area contributed by atoms with E-state index in [-0.39, 0.29) is 23.1 Å². The molecule has 0 spiro atoms. The second-order valence-corrected chi connectivity index (χ2v) is 10.8. The SMILES string of the molecule is Cc1nn(C2CCS(=O)(=O)C2)c(C)c1C=Cc1nc2ccccc2c(=O)n1-c1ccc(F)cc1. The largest absolute Gasteiger partial charge is 0.268 e. The summed E-state index contributed by atoms with van der Waals surface area (Å²) in [5.74, 6) is 0.265. The van der Waals surface area contributed by atoms with Gasteiger partial charge in [0.05, 0.1) is 39.8 Å². The van der Waals surface area contributed by atoms with Gasteiger partial charge < -0.3 is 0 Å². The van der Waals surface area contributed by atoms with Crippen LogP contribution in [-0.4, -0.2) is 39.3 Å². The van der Waals surface area contributed by atoms with Crippen LogP contribution in [0, 0.1) is 19.7 Å². The van der Waals surface area contributed by atoms with Crippen LogP contribution < -0.4 is 5.56 Å². The van der Waals surface area contributed by atoms with Crippen LogP contribution in [0.4, 0.5) is 4.39 Å². The maximum Gasteiger partial charge on any atom is 0.266 e. The molecule has 1 unspecified atom stereocenters. The molecule has 4 aromatic rings. The molecule has 174 valence electrons. The second-order valence-electron chi connectivity index (χ2n) is 8.52. The molecule has 0 amide bonds. The maximum atomic E-state index is 13.5. The van der Waals surface area contributed by atoms with Crippen LogP contribution in [0.3, 0.4) is 0 Å². The summed E-state index contributed by atoms with van der Waals surface area (Å²) < 4.78 is 40.7. The number of aromatic nitrogens is 4. The Morgan fingerprint density at radius 3 is 2.50 bits per heavy atom. The molecule has 0 radical (unpaired) electrons. The number of fused-ring (bicyclic) bond motifs is 1. The second kappa shape index (κ2) is 8.32. The summed E-state index contributed by atoms with van der Waals surface area (Å²) in [5, 5.41) is 5.06. The number of sulfone groups is 1. The topological polar surface area (TPSA) is 86.8 Å². The van der Waals surface area contributed by atoms with E-state index in [0.717, 1.165) is 17.0 Å². The number of aryl methyl sites for hydroxylation is 1. The van der Waals surface area contributed by atoms with Crippen molar-refractivity contribution in [2.24, 2.45) is 0 Å². The predicted molar refractivity (Wildman–Crippen MR) is 130 cm³/mol. The molecule has 1 saturated heterocycles. The molecule has 1 aliphatic heterocycles. The molecule has 7 nitrogen and oxygen atoms in total. The van der Waals surface area contributed by atoms with Gasteiger partial charge >= 0.3 is 0 Å². The van der Waals surface area contributed by atoms with Crippen molar-refractivity contribution in [3.8, 4) is 5.69 Å². The summed E-state index contributed by atoms with van der Waals surface area (Å²) in [6.45, 7) is 3.78. The predicted octanol–water partition coefficient (Wildman–Crippen LogP) is 3.87. The van der Waals surface area contributed by atoms with Gasteiger partial charge in [0.1, 0.15) is 11.6 Å². The number of para-hydroxylation sites is 1. The van der Waals surface area contributed by atoms with Crippen molar-refractivity contribution in [2.75, 3.05) is 11.5 Å². The summed E-state index contributed by atoms with van der Waals surface area (Å²) >= 11 is 0. The molecular formula is C25H23FN4O3S. The number of nitrogens with zero attached hydrogens (tertiary/aromatic N) is 4. The van der Waals surface area contributed by atoms with Crippen molar-refractivity contribution in [1.29, 1.82) is 0 Å². The number of hydrogen-bond acceptors (Lipinski definition) is 5. The van der Waals surface area contributed by atoms with Gasteiger partial charge in [-0.25, -0.2) is 17.8 Å². The zero-order valence-corrected chi connectivity index (χ0v) is 19.6. The lowest BCUT2D eigenvalue weighted by Gasteiger charge is -2.12. The van der Waals surface area contributed by atoms with E-state index < -0.39 is 15.7 Å². The summed E-state index contributed by atoms with van der Waals surface area (Å²) in [6.07, 6.45) is 4.13. The zero-order chi connectivity index (χ0) is 24.0. The van der Waals surface area contributed by atoms with Crippen LogP contribution in [0.15, 0.2) is 53.3 Å². The van der Waals surface area contributed by atoms with Crippen LogP contribution in [-0.2, 0) is 9.84 Å². The van der Waals surface area contributed by atoms with Crippen LogP contribution in [0.5, 0.6) is 0 Å². The average molecular weight is 479 g/mol. The molecular weight excluding hydrogens is 455 g/mol. The van der Waals surface area contributed by atoms with Gasteiger partial charge in [0, 0.05) is 11.3 Å². The lowest BCUT2D eigenvalue weighted by atomic mass is 10.1. The van der Waals surface area contributed by atoms with Gasteiger partial charge in [-0.15, -0.1) is 0 Å². The Bertz CT molecular complexity index is 1600. The highest BCUT2D eigenvalue weighted by atomic mass is 32.2. The highest BCUT2D eigenvalue weighted by Gasteiger charge is 2.31. The first kappa shape index (κ1) is 22.2. The normalized spacial score (nSPS) is 17.7. The Morgan fingerprint density at radius 1 is 1.06 bits per heavy atom. The van der Waals surface area contributed by atoms with Crippen molar-refractivity contribution < 1.29 is 12.8 Å². The van der Waals surface area contributed by atoms with Crippen LogP contribution in [0.25, 0.3) is 28.7 Å². The number of rotatable bonds is 4. The Hall–Kier alpha value is -3.59. The highest BCUT2D eigenvalue weighted by Crippen LogP contribution is 2.27. The molecule has 9 heteroatoms. The third-order valence-corrected chi connectivity index (χ3v) is 7.97. The highest BCUT2D eigenvalue weighted by molar-refractivity contribution is 7.91. The van der Waals surface area contributed by atoms with Gasteiger partial charge in [-0.2, -0.15) is 5.10 Å². The van der Waals surface area contributed by atoms with Gasteiger partial charge in [-0.05, 0) is 68.8 Å². The lowest BCUT2D eigenvalue weighted by molar-refractivity contribution is 0.486. The van der Waals surface area contributed by atoms with Gasteiger partial charge in [-0.1, -0.05) is 12.1 Å². The molecule has 1 fully saturated rings. The average Bonchev–Trinajstić information content (AvgIpc) is 3.31. The zero-order valence-electron chi connectivity index (χ0n) is 18.8. The number of benzene rings is 2. The van der Waals surface area contributed by atoms with Crippen molar-refractivity contribution in [3.63, 3.8) is 0 Å². The standard InChI is InChI=1S/C25H23FN4O3S/c1-16-21(17(2)30(28-16)20-13-14-34(32,33)15-20)11-12-24-27-23-6-4-3-5-22(23)25(31)29(24)19-9-7-18(26)8-10-19/h3-12,20H,13-15H2,1-2H3. The summed E-state index contributed by atoms with van der Waals surface area (Å²) in [5.41, 5.74) is 3.27. The molecule has 0 saturated carbocycles. The molecule has 2 aromatic heterocycles. The number of halogens is 1. The first-order valence-corrected chi connectivity index (χ1v) is 12.8. The van der Waals surface area contributed by atoms with Gasteiger partial charge in [0.25, 0.3) is 5.56 Å². The van der Waals surface area contributed by atoms with Crippen molar-refractivity contribution in [1.82, 2.24) is 19.3 Å². The third-order valence-electron chi connectivity index (χ3n) is 6.22. The quantitative estimate of drug-likeness (QED) is 0.444. The molecule has 5 rings (SSSR count). The minimum atomic E-state index is -3.04. The van der Waals surface area contributed by atoms with E-state index >= 15 is 0 Å². The van der Waals surface area contributed by atoms with Crippen molar-refractivity contribution >= 4 is 32.9 Å². The summed E-state index contributed by atoms with van der Waals surface area (Å²) in [6, 6.07) is 12.6. The van der Waals surface area contributed by atoms with E-state index in [1.807, 2.05) is 26.0 Å². The Kier molecular flexibility index (Phi) is 5.44. The Morgan fingerprint density at radius 2 is 1.79 bits per heavy atom. The number of hydrogen-bond donors (Lipinski definition) is 0. The minimum Gasteiger partial charge on any atom is -0.268 e. The summed E-state index contributed by atoms with van der Waals surface area (Å²) in [4.78, 5) is 18.0. The lowest BCUT2D eigenvalue weighted by Crippen LogP contribution is -2.22. The third kappa shape index (κ3) is 3.96. The van der Waals surface area contributed by atoms with Crippen LogP contribution in [0.2, 0.25) is 0 Å². The summed E-state index contributed by atoms with van der Waals surface area (Å²) in [7, 11) is -3.04. The van der Waals surface area contributed by atoms with E-state index in [9.17, 15) is 17.6 Å². The van der Waals surface area contributed by atoms with Crippen molar-refractivity contribution in [2.45, 2.75) is 26.3 Å². The monoisotopic (exact) mass is 478 g/mol. The molecule has 1 aliphatic rings. The minimum absolute atomic E-state index is 0.0917. The Balaban J connectivity index is 1.62. The van der Waals surface area contributed by atoms with E-state index in [2.05, 4.69) is 10.1 Å². The molecule has 3 heterocycles. The smallest absolute Gasteiger partial charge is 0.266 e.